The highest BCUT2D eigenvalue weighted by molar-refractivity contribution is 6.00. The molecule has 0 spiro atoms. The van der Waals surface area contributed by atoms with Crippen LogP contribution in [0.5, 0.6) is 11.5 Å². The van der Waals surface area contributed by atoms with Gasteiger partial charge in [-0.25, -0.2) is 0 Å². The smallest absolute Gasteiger partial charge is 0.235 e. The minimum Gasteiger partial charge on any atom is -0.497 e. The van der Waals surface area contributed by atoms with E-state index in [1.165, 1.54) is 0 Å². The van der Waals surface area contributed by atoms with E-state index in [2.05, 4.69) is 5.32 Å². The quantitative estimate of drug-likeness (QED) is 0.906. The first-order valence-electron chi connectivity index (χ1n) is 8.36. The maximum atomic E-state index is 13.3. The second-order valence-electron chi connectivity index (χ2n) is 6.08. The van der Waals surface area contributed by atoms with Crippen LogP contribution in [0.4, 0.5) is 5.69 Å². The molecule has 25 heavy (non-hydrogen) atoms. The summed E-state index contributed by atoms with van der Waals surface area (Å²) < 4.78 is 16.1. The van der Waals surface area contributed by atoms with Crippen LogP contribution in [-0.2, 0) is 14.9 Å². The topological polar surface area (TPSA) is 56.8 Å². The Balaban J connectivity index is 1.92. The summed E-state index contributed by atoms with van der Waals surface area (Å²) in [4.78, 5) is 13.3. The Bertz CT molecular complexity index is 721. The van der Waals surface area contributed by atoms with E-state index in [-0.39, 0.29) is 5.91 Å². The van der Waals surface area contributed by atoms with Crippen LogP contribution in [0.3, 0.4) is 0 Å². The molecule has 1 saturated heterocycles. The van der Waals surface area contributed by atoms with E-state index in [0.29, 0.717) is 37.5 Å². The van der Waals surface area contributed by atoms with E-state index in [1.807, 2.05) is 48.5 Å². The number of para-hydroxylation sites is 2. The number of hydrogen-bond acceptors (Lipinski definition) is 4. The maximum Gasteiger partial charge on any atom is 0.235 e. The molecular formula is C20H23NO4. The molecule has 1 heterocycles. The van der Waals surface area contributed by atoms with Crippen LogP contribution in [0.2, 0.25) is 0 Å². The monoisotopic (exact) mass is 341 g/mol. The fourth-order valence-electron chi connectivity index (χ4n) is 3.27. The molecule has 5 nitrogen and oxygen atoms in total. The van der Waals surface area contributed by atoms with E-state index in [0.717, 1.165) is 11.3 Å². The van der Waals surface area contributed by atoms with Gasteiger partial charge in [0.05, 0.1) is 25.3 Å². The van der Waals surface area contributed by atoms with Gasteiger partial charge in [-0.3, -0.25) is 4.79 Å². The number of hydrogen-bond donors (Lipinski definition) is 1. The lowest BCUT2D eigenvalue weighted by Crippen LogP contribution is -2.44. The SMILES string of the molecule is COc1ccc(C2(C(=O)Nc3ccccc3OC)CCOCC2)cc1. The zero-order valence-electron chi connectivity index (χ0n) is 14.6. The second-order valence-corrected chi connectivity index (χ2v) is 6.08. The van der Waals surface area contributed by atoms with Gasteiger partial charge in [0.15, 0.2) is 0 Å². The zero-order chi connectivity index (χ0) is 17.7. The number of carbonyl (C=O) groups is 1. The Labute approximate surface area is 147 Å². The summed E-state index contributed by atoms with van der Waals surface area (Å²) in [6.45, 7) is 1.12. The van der Waals surface area contributed by atoms with Crippen molar-refractivity contribution in [2.45, 2.75) is 18.3 Å². The lowest BCUT2D eigenvalue weighted by molar-refractivity contribution is -0.125. The molecule has 2 aromatic carbocycles. The van der Waals surface area contributed by atoms with Crippen LogP contribution in [0, 0.1) is 0 Å². The number of rotatable bonds is 5. The predicted molar refractivity (Wildman–Crippen MR) is 96.3 cm³/mol. The fourth-order valence-corrected chi connectivity index (χ4v) is 3.27. The molecule has 0 aromatic heterocycles. The van der Waals surface area contributed by atoms with Gasteiger partial charge in [0, 0.05) is 13.2 Å². The van der Waals surface area contributed by atoms with Crippen LogP contribution < -0.4 is 14.8 Å². The van der Waals surface area contributed by atoms with Crippen molar-refractivity contribution in [2.24, 2.45) is 0 Å². The number of methoxy groups -OCH3 is 2. The molecule has 5 heteroatoms. The summed E-state index contributed by atoms with van der Waals surface area (Å²) in [6, 6.07) is 15.1. The molecule has 0 saturated carbocycles. The minimum atomic E-state index is -0.620. The Kier molecular flexibility index (Phi) is 5.24. The summed E-state index contributed by atoms with van der Waals surface area (Å²) in [7, 11) is 3.23. The van der Waals surface area contributed by atoms with Crippen LogP contribution in [0.25, 0.3) is 0 Å². The predicted octanol–water partition coefficient (Wildman–Crippen LogP) is 3.39. The third-order valence-corrected chi connectivity index (χ3v) is 4.78. The van der Waals surface area contributed by atoms with Crippen molar-refractivity contribution in [3.8, 4) is 11.5 Å². The molecule has 0 radical (unpaired) electrons. The normalized spacial score (nSPS) is 16.1. The third-order valence-electron chi connectivity index (χ3n) is 4.78. The van der Waals surface area contributed by atoms with Crippen LogP contribution >= 0.6 is 0 Å². The standard InChI is InChI=1S/C20H23NO4/c1-23-16-9-7-15(8-10-16)20(11-13-25-14-12-20)19(22)21-17-5-3-4-6-18(17)24-2/h3-10H,11-14H2,1-2H3,(H,21,22). The van der Waals surface area contributed by atoms with Crippen LogP contribution in [0.1, 0.15) is 18.4 Å². The fraction of sp³-hybridized carbons (Fsp3) is 0.350. The minimum absolute atomic E-state index is 0.0366. The lowest BCUT2D eigenvalue weighted by atomic mass is 9.73. The largest absolute Gasteiger partial charge is 0.497 e. The summed E-state index contributed by atoms with van der Waals surface area (Å²) in [6.07, 6.45) is 1.28. The van der Waals surface area contributed by atoms with Crippen molar-refractivity contribution in [2.75, 3.05) is 32.8 Å². The summed E-state index contributed by atoms with van der Waals surface area (Å²) in [5.74, 6) is 1.38. The van der Waals surface area contributed by atoms with Gasteiger partial charge in [-0.1, -0.05) is 24.3 Å². The van der Waals surface area contributed by atoms with Gasteiger partial charge in [-0.2, -0.15) is 0 Å². The number of benzene rings is 2. The van der Waals surface area contributed by atoms with E-state index < -0.39 is 5.41 Å². The van der Waals surface area contributed by atoms with Crippen molar-refractivity contribution < 1.29 is 19.0 Å². The van der Waals surface area contributed by atoms with E-state index in [4.69, 9.17) is 14.2 Å². The number of ether oxygens (including phenoxy) is 3. The molecule has 0 bridgehead atoms. The van der Waals surface area contributed by atoms with Gasteiger partial charge >= 0.3 is 0 Å². The molecule has 2 aromatic rings. The number of anilines is 1. The van der Waals surface area contributed by atoms with E-state index in [9.17, 15) is 4.79 Å². The van der Waals surface area contributed by atoms with E-state index >= 15 is 0 Å². The molecule has 132 valence electrons. The zero-order valence-corrected chi connectivity index (χ0v) is 14.6. The highest BCUT2D eigenvalue weighted by Crippen LogP contribution is 2.37. The van der Waals surface area contributed by atoms with Crippen molar-refractivity contribution in [3.63, 3.8) is 0 Å². The second kappa shape index (κ2) is 7.57. The van der Waals surface area contributed by atoms with Crippen molar-refractivity contribution in [1.29, 1.82) is 0 Å². The van der Waals surface area contributed by atoms with Crippen molar-refractivity contribution >= 4 is 11.6 Å². The molecule has 1 aliphatic heterocycles. The first-order chi connectivity index (χ1) is 12.2. The Morgan fingerprint density at radius 2 is 1.68 bits per heavy atom. The third kappa shape index (κ3) is 3.46. The Hall–Kier alpha value is -2.53. The van der Waals surface area contributed by atoms with Gasteiger partial charge < -0.3 is 19.5 Å². The molecule has 3 rings (SSSR count). The Morgan fingerprint density at radius 1 is 1.00 bits per heavy atom. The highest BCUT2D eigenvalue weighted by Gasteiger charge is 2.42. The molecule has 1 amide bonds. The van der Waals surface area contributed by atoms with Gasteiger partial charge in [0.1, 0.15) is 11.5 Å². The summed E-state index contributed by atoms with van der Waals surface area (Å²) in [5, 5.41) is 3.05. The van der Waals surface area contributed by atoms with Crippen LogP contribution in [0.15, 0.2) is 48.5 Å². The summed E-state index contributed by atoms with van der Waals surface area (Å²) >= 11 is 0. The average Bonchev–Trinajstić information content (AvgIpc) is 2.69. The summed E-state index contributed by atoms with van der Waals surface area (Å²) in [5.41, 5.74) is 1.03. The molecule has 0 aliphatic carbocycles. The number of amides is 1. The first-order valence-corrected chi connectivity index (χ1v) is 8.36. The van der Waals surface area contributed by atoms with Gasteiger partial charge in [0.25, 0.3) is 0 Å². The average molecular weight is 341 g/mol. The van der Waals surface area contributed by atoms with Crippen molar-refractivity contribution in [1.82, 2.24) is 0 Å². The lowest BCUT2D eigenvalue weighted by Gasteiger charge is -2.36. The number of carbonyl (C=O) groups excluding carboxylic acids is 1. The van der Waals surface area contributed by atoms with E-state index in [1.54, 1.807) is 14.2 Å². The maximum absolute atomic E-state index is 13.3. The molecule has 0 atom stereocenters. The van der Waals surface area contributed by atoms with Crippen LogP contribution in [-0.4, -0.2) is 33.3 Å². The van der Waals surface area contributed by atoms with Gasteiger partial charge in [-0.05, 0) is 42.7 Å². The Morgan fingerprint density at radius 3 is 2.32 bits per heavy atom. The van der Waals surface area contributed by atoms with Gasteiger partial charge in [-0.15, -0.1) is 0 Å². The van der Waals surface area contributed by atoms with Crippen molar-refractivity contribution in [3.05, 3.63) is 54.1 Å². The number of nitrogens with one attached hydrogen (secondary N) is 1. The molecular weight excluding hydrogens is 318 g/mol. The molecule has 1 N–H and O–H groups in total. The molecule has 0 unspecified atom stereocenters. The molecule has 1 aliphatic rings. The van der Waals surface area contributed by atoms with Gasteiger partial charge in [0.2, 0.25) is 5.91 Å². The molecule has 1 fully saturated rings. The highest BCUT2D eigenvalue weighted by atomic mass is 16.5. The first kappa shape index (κ1) is 17.3.